The van der Waals surface area contributed by atoms with Crippen LogP contribution in [0.25, 0.3) is 10.8 Å². The van der Waals surface area contributed by atoms with E-state index < -0.39 is 0 Å². The summed E-state index contributed by atoms with van der Waals surface area (Å²) in [5, 5.41) is 4.32. The summed E-state index contributed by atoms with van der Waals surface area (Å²) in [5.74, 6) is -0.0774. The fraction of sp³-hybridized carbons (Fsp3) is 0. The van der Waals surface area contributed by atoms with E-state index in [1.54, 1.807) is 23.1 Å². The molecule has 128 valence electrons. The predicted octanol–water partition coefficient (Wildman–Crippen LogP) is 6.49. The number of hydrogen-bond donors (Lipinski definition) is 1. The van der Waals surface area contributed by atoms with E-state index in [1.165, 1.54) is 21.7 Å². The summed E-state index contributed by atoms with van der Waals surface area (Å²) < 4.78 is 4.00. The first-order valence-electron chi connectivity index (χ1n) is 8.05. The maximum absolute atomic E-state index is 12.4. The van der Waals surface area contributed by atoms with E-state index in [1.807, 2.05) is 60.7 Å². The van der Waals surface area contributed by atoms with Gasteiger partial charge in [0.2, 0.25) is 0 Å². The molecule has 1 heterocycles. The summed E-state index contributed by atoms with van der Waals surface area (Å²) in [5.41, 5.74) is 0.673. The van der Waals surface area contributed by atoms with Crippen LogP contribution < -0.4 is 4.72 Å². The van der Waals surface area contributed by atoms with Gasteiger partial charge in [-0.1, -0.05) is 60.3 Å². The molecule has 0 aliphatic rings. The fourth-order valence-corrected chi connectivity index (χ4v) is 5.20. The van der Waals surface area contributed by atoms with Crippen molar-refractivity contribution in [3.63, 3.8) is 0 Å². The molecule has 0 atom stereocenters. The number of amides is 1. The summed E-state index contributed by atoms with van der Waals surface area (Å²) in [7, 11) is 0. The van der Waals surface area contributed by atoms with E-state index in [-0.39, 0.29) is 5.91 Å². The fourth-order valence-electron chi connectivity index (χ4n) is 2.52. The Morgan fingerprint density at radius 2 is 1.58 bits per heavy atom. The van der Waals surface area contributed by atoms with Gasteiger partial charge in [-0.2, -0.15) is 0 Å². The monoisotopic (exact) mass is 393 g/mol. The lowest BCUT2D eigenvalue weighted by atomic mass is 10.1. The molecule has 0 saturated heterocycles. The highest BCUT2D eigenvalue weighted by atomic mass is 32.2. The van der Waals surface area contributed by atoms with Crippen LogP contribution in [0.15, 0.2) is 98.2 Å². The first-order valence-corrected chi connectivity index (χ1v) is 10.6. The van der Waals surface area contributed by atoms with Crippen LogP contribution in [-0.2, 0) is 0 Å². The van der Waals surface area contributed by atoms with Gasteiger partial charge in [-0.05, 0) is 53.1 Å². The van der Waals surface area contributed by atoms with Gasteiger partial charge in [0.25, 0.3) is 5.91 Å². The van der Waals surface area contributed by atoms with Crippen molar-refractivity contribution in [2.45, 2.75) is 14.0 Å². The molecule has 1 aromatic heterocycles. The lowest BCUT2D eigenvalue weighted by molar-refractivity contribution is 0.0984. The lowest BCUT2D eigenvalue weighted by Gasteiger charge is -2.04. The zero-order valence-electron chi connectivity index (χ0n) is 13.7. The highest BCUT2D eigenvalue weighted by Gasteiger charge is 2.08. The van der Waals surface area contributed by atoms with E-state index in [0.717, 1.165) is 15.0 Å². The van der Waals surface area contributed by atoms with Crippen molar-refractivity contribution in [1.29, 1.82) is 0 Å². The minimum absolute atomic E-state index is 0.0774. The van der Waals surface area contributed by atoms with Gasteiger partial charge < -0.3 is 0 Å². The topological polar surface area (TPSA) is 29.1 Å². The largest absolute Gasteiger partial charge is 0.291 e. The molecular weight excluding hydrogens is 378 g/mol. The number of hydrogen-bond acceptors (Lipinski definition) is 4. The number of carbonyl (C=O) groups is 1. The van der Waals surface area contributed by atoms with Crippen LogP contribution in [0.2, 0.25) is 0 Å². The summed E-state index contributed by atoms with van der Waals surface area (Å²) >= 11 is 4.73. The molecule has 2 nitrogen and oxygen atoms in total. The van der Waals surface area contributed by atoms with Crippen LogP contribution in [0.4, 0.5) is 0 Å². The molecule has 4 aromatic rings. The molecule has 5 heteroatoms. The third-order valence-electron chi connectivity index (χ3n) is 3.79. The van der Waals surface area contributed by atoms with Crippen molar-refractivity contribution in [1.82, 2.24) is 4.72 Å². The molecule has 1 N–H and O–H groups in total. The maximum atomic E-state index is 12.4. The van der Waals surface area contributed by atoms with Crippen LogP contribution in [0.5, 0.6) is 0 Å². The first-order chi connectivity index (χ1) is 12.8. The Bertz CT molecular complexity index is 1040. The van der Waals surface area contributed by atoms with Crippen LogP contribution in [0.1, 0.15) is 10.4 Å². The van der Waals surface area contributed by atoms with E-state index in [9.17, 15) is 4.79 Å². The third-order valence-corrected chi connectivity index (χ3v) is 6.78. The van der Waals surface area contributed by atoms with Gasteiger partial charge in [0.05, 0.1) is 4.21 Å². The Morgan fingerprint density at radius 1 is 0.808 bits per heavy atom. The molecular formula is C21H15NOS3. The lowest BCUT2D eigenvalue weighted by Crippen LogP contribution is -2.15. The van der Waals surface area contributed by atoms with Crippen molar-refractivity contribution in [3.8, 4) is 0 Å². The van der Waals surface area contributed by atoms with E-state index in [0.29, 0.717) is 5.56 Å². The summed E-state index contributed by atoms with van der Waals surface area (Å²) in [6, 6.07) is 26.2. The predicted molar refractivity (Wildman–Crippen MR) is 112 cm³/mol. The maximum Gasteiger partial charge on any atom is 0.261 e. The Kier molecular flexibility index (Phi) is 5.29. The summed E-state index contributed by atoms with van der Waals surface area (Å²) in [6.07, 6.45) is 0. The molecule has 1 amide bonds. The number of fused-ring (bicyclic) bond motifs is 1. The number of rotatable bonds is 5. The van der Waals surface area contributed by atoms with Gasteiger partial charge in [0, 0.05) is 20.7 Å². The molecule has 0 unspecified atom stereocenters. The van der Waals surface area contributed by atoms with Crippen LogP contribution in [-0.4, -0.2) is 5.91 Å². The summed E-state index contributed by atoms with van der Waals surface area (Å²) in [6.45, 7) is 0. The zero-order valence-corrected chi connectivity index (χ0v) is 16.2. The average Bonchev–Trinajstić information content (AvgIpc) is 3.14. The van der Waals surface area contributed by atoms with Crippen LogP contribution in [0, 0.1) is 0 Å². The van der Waals surface area contributed by atoms with E-state index >= 15 is 0 Å². The van der Waals surface area contributed by atoms with E-state index in [4.69, 9.17) is 0 Å². The molecule has 0 spiro atoms. The Balaban J connectivity index is 1.39. The molecule has 0 aliphatic carbocycles. The molecule has 0 radical (unpaired) electrons. The van der Waals surface area contributed by atoms with Crippen LogP contribution in [0.3, 0.4) is 0 Å². The third kappa shape index (κ3) is 4.12. The zero-order chi connectivity index (χ0) is 17.8. The standard InChI is InChI=1S/C21H15NOS3/c23-21(17-11-10-15-6-4-5-7-16(15)12-17)22-26-20-13-19(14-24-20)25-18-8-2-1-3-9-18/h1-14H,(H,22,23). The molecule has 26 heavy (non-hydrogen) atoms. The smallest absolute Gasteiger partial charge is 0.261 e. The molecule has 0 saturated carbocycles. The van der Waals surface area contributed by atoms with Gasteiger partial charge in [0.15, 0.2) is 0 Å². The van der Waals surface area contributed by atoms with Gasteiger partial charge in [-0.3, -0.25) is 9.52 Å². The van der Waals surface area contributed by atoms with Crippen molar-refractivity contribution in [2.75, 3.05) is 0 Å². The number of thiophene rings is 1. The summed E-state index contributed by atoms with van der Waals surface area (Å²) in [4.78, 5) is 14.8. The molecule has 3 aromatic carbocycles. The second kappa shape index (κ2) is 7.99. The van der Waals surface area contributed by atoms with Crippen LogP contribution >= 0.6 is 35.0 Å². The second-order valence-electron chi connectivity index (χ2n) is 5.61. The molecule has 4 rings (SSSR count). The average molecular weight is 394 g/mol. The van der Waals surface area contributed by atoms with Crippen molar-refractivity contribution < 1.29 is 4.79 Å². The molecule has 0 aliphatic heterocycles. The molecule has 0 fully saturated rings. The second-order valence-corrected chi connectivity index (χ2v) is 8.78. The number of nitrogens with one attached hydrogen (secondary N) is 1. The van der Waals surface area contributed by atoms with Crippen molar-refractivity contribution in [3.05, 3.63) is 89.8 Å². The van der Waals surface area contributed by atoms with Gasteiger partial charge >= 0.3 is 0 Å². The van der Waals surface area contributed by atoms with Crippen molar-refractivity contribution in [2.24, 2.45) is 0 Å². The Morgan fingerprint density at radius 3 is 2.42 bits per heavy atom. The van der Waals surface area contributed by atoms with E-state index in [2.05, 4.69) is 28.3 Å². The Hall–Kier alpha value is -2.21. The quantitative estimate of drug-likeness (QED) is 0.393. The van der Waals surface area contributed by atoms with Gasteiger partial charge in [-0.25, -0.2) is 0 Å². The number of benzene rings is 3. The number of carbonyl (C=O) groups excluding carboxylic acids is 1. The van der Waals surface area contributed by atoms with Gasteiger partial charge in [0.1, 0.15) is 0 Å². The minimum atomic E-state index is -0.0774. The Labute approximate surface area is 164 Å². The normalized spacial score (nSPS) is 10.8. The van der Waals surface area contributed by atoms with Gasteiger partial charge in [-0.15, -0.1) is 11.3 Å². The first kappa shape index (κ1) is 17.2. The highest BCUT2D eigenvalue weighted by Crippen LogP contribution is 2.34. The minimum Gasteiger partial charge on any atom is -0.291 e. The SMILES string of the molecule is O=C(NSc1cc(Sc2ccccc2)cs1)c1ccc2ccccc2c1. The van der Waals surface area contributed by atoms with Crippen molar-refractivity contribution >= 4 is 51.7 Å². The molecule has 0 bridgehead atoms. The highest BCUT2D eigenvalue weighted by molar-refractivity contribution is 8.00.